The van der Waals surface area contributed by atoms with Crippen molar-refractivity contribution in [2.45, 2.75) is 23.3 Å². The van der Waals surface area contributed by atoms with Crippen LogP contribution < -0.4 is 5.32 Å². The first-order valence-corrected chi connectivity index (χ1v) is 9.71. The number of carbonyl (C=O) groups excluding carboxylic acids is 1. The van der Waals surface area contributed by atoms with E-state index < -0.39 is 0 Å². The SMILES string of the molecule is O=C(C1CCSc2ccccc21)N1CCNCC1c1cccc(F)c1. The third kappa shape index (κ3) is 3.31. The fraction of sp³-hybridized carbons (Fsp3) is 0.350. The molecule has 0 spiro atoms. The van der Waals surface area contributed by atoms with Crippen molar-refractivity contribution in [3.05, 3.63) is 65.5 Å². The first kappa shape index (κ1) is 16.6. The first-order valence-electron chi connectivity index (χ1n) is 8.72. The summed E-state index contributed by atoms with van der Waals surface area (Å²) in [6.07, 6.45) is 0.861. The highest BCUT2D eigenvalue weighted by Crippen LogP contribution is 2.39. The second-order valence-corrected chi connectivity index (χ2v) is 7.67. The Morgan fingerprint density at radius 3 is 2.96 bits per heavy atom. The zero-order valence-corrected chi connectivity index (χ0v) is 14.8. The van der Waals surface area contributed by atoms with Gasteiger partial charge in [-0.1, -0.05) is 30.3 Å². The molecule has 1 saturated heterocycles. The van der Waals surface area contributed by atoms with Crippen molar-refractivity contribution < 1.29 is 9.18 Å². The molecule has 2 atom stereocenters. The molecule has 2 aliphatic heterocycles. The normalized spacial score (nSPS) is 23.2. The van der Waals surface area contributed by atoms with E-state index in [-0.39, 0.29) is 23.7 Å². The van der Waals surface area contributed by atoms with Gasteiger partial charge in [0.2, 0.25) is 5.91 Å². The summed E-state index contributed by atoms with van der Waals surface area (Å²) in [6.45, 7) is 2.10. The lowest BCUT2D eigenvalue weighted by Gasteiger charge is -2.39. The van der Waals surface area contributed by atoms with Crippen LogP contribution in [0.3, 0.4) is 0 Å². The molecule has 130 valence electrons. The lowest BCUT2D eigenvalue weighted by molar-refractivity contribution is -0.136. The molecule has 5 heteroatoms. The summed E-state index contributed by atoms with van der Waals surface area (Å²) >= 11 is 1.82. The van der Waals surface area contributed by atoms with Gasteiger partial charge in [-0.15, -0.1) is 11.8 Å². The molecular formula is C20H21FN2OS. The first-order chi connectivity index (χ1) is 12.2. The Bertz CT molecular complexity index is 782. The van der Waals surface area contributed by atoms with Gasteiger partial charge < -0.3 is 10.2 Å². The van der Waals surface area contributed by atoms with E-state index in [2.05, 4.69) is 17.4 Å². The number of rotatable bonds is 2. The van der Waals surface area contributed by atoms with Crippen molar-refractivity contribution in [2.24, 2.45) is 0 Å². The van der Waals surface area contributed by atoms with Crippen molar-refractivity contribution in [3.63, 3.8) is 0 Å². The molecule has 0 aromatic heterocycles. The Morgan fingerprint density at radius 1 is 1.20 bits per heavy atom. The second kappa shape index (κ2) is 7.18. The molecular weight excluding hydrogens is 335 g/mol. The monoisotopic (exact) mass is 356 g/mol. The van der Waals surface area contributed by atoms with Crippen LogP contribution in [0.15, 0.2) is 53.4 Å². The van der Waals surface area contributed by atoms with E-state index in [0.717, 1.165) is 29.8 Å². The molecule has 1 fully saturated rings. The molecule has 0 radical (unpaired) electrons. The largest absolute Gasteiger partial charge is 0.333 e. The molecule has 2 unspecified atom stereocenters. The van der Waals surface area contributed by atoms with Crippen molar-refractivity contribution in [2.75, 3.05) is 25.4 Å². The molecule has 4 rings (SSSR count). The molecule has 2 aromatic rings. The Morgan fingerprint density at radius 2 is 2.08 bits per heavy atom. The molecule has 2 heterocycles. The molecule has 2 aromatic carbocycles. The van der Waals surface area contributed by atoms with Gasteiger partial charge in [-0.05, 0) is 41.5 Å². The standard InChI is InChI=1S/C20H21FN2OS/c21-15-5-3-4-14(12-15)18-13-22-9-10-23(18)20(24)17-8-11-25-19-7-2-1-6-16(17)19/h1-7,12,17-18,22H,8-11,13H2. The van der Waals surface area contributed by atoms with E-state index in [9.17, 15) is 9.18 Å². The molecule has 0 bridgehead atoms. The van der Waals surface area contributed by atoms with Gasteiger partial charge in [0.15, 0.2) is 0 Å². The highest BCUT2D eigenvalue weighted by Gasteiger charge is 2.35. The number of hydrogen-bond acceptors (Lipinski definition) is 3. The maximum absolute atomic E-state index is 13.7. The zero-order chi connectivity index (χ0) is 17.2. The van der Waals surface area contributed by atoms with E-state index in [4.69, 9.17) is 0 Å². The number of nitrogens with one attached hydrogen (secondary N) is 1. The van der Waals surface area contributed by atoms with Gasteiger partial charge in [0.05, 0.1) is 12.0 Å². The highest BCUT2D eigenvalue weighted by molar-refractivity contribution is 7.99. The van der Waals surface area contributed by atoms with Crippen LogP contribution >= 0.6 is 11.8 Å². The van der Waals surface area contributed by atoms with Crippen molar-refractivity contribution in [1.82, 2.24) is 10.2 Å². The minimum atomic E-state index is -0.255. The minimum Gasteiger partial charge on any atom is -0.333 e. The van der Waals surface area contributed by atoms with Gasteiger partial charge in [-0.25, -0.2) is 4.39 Å². The van der Waals surface area contributed by atoms with Crippen LogP contribution in [0.4, 0.5) is 4.39 Å². The number of nitrogens with zero attached hydrogens (tertiary/aromatic N) is 1. The second-order valence-electron chi connectivity index (χ2n) is 6.53. The maximum atomic E-state index is 13.7. The van der Waals surface area contributed by atoms with Gasteiger partial charge in [0.1, 0.15) is 5.82 Å². The van der Waals surface area contributed by atoms with Crippen molar-refractivity contribution >= 4 is 17.7 Å². The summed E-state index contributed by atoms with van der Waals surface area (Å²) in [4.78, 5) is 16.5. The number of hydrogen-bond donors (Lipinski definition) is 1. The molecule has 0 aliphatic carbocycles. The molecule has 3 nitrogen and oxygen atoms in total. The van der Waals surface area contributed by atoms with E-state index in [1.54, 1.807) is 12.1 Å². The number of benzene rings is 2. The topological polar surface area (TPSA) is 32.3 Å². The van der Waals surface area contributed by atoms with Crippen LogP contribution in [0.5, 0.6) is 0 Å². The maximum Gasteiger partial charge on any atom is 0.230 e. The predicted octanol–water partition coefficient (Wildman–Crippen LogP) is 3.58. The summed E-state index contributed by atoms with van der Waals surface area (Å²) in [5, 5.41) is 3.34. The fourth-order valence-electron chi connectivity index (χ4n) is 3.78. The van der Waals surface area contributed by atoms with Crippen molar-refractivity contribution in [3.8, 4) is 0 Å². The number of carbonyl (C=O) groups is 1. The molecule has 1 amide bonds. The van der Waals surface area contributed by atoms with Gasteiger partial charge >= 0.3 is 0 Å². The number of piperazine rings is 1. The quantitative estimate of drug-likeness (QED) is 0.893. The summed E-state index contributed by atoms with van der Waals surface area (Å²) in [6, 6.07) is 14.7. The summed E-state index contributed by atoms with van der Waals surface area (Å²) in [7, 11) is 0. The van der Waals surface area contributed by atoms with Crippen LogP contribution in [-0.2, 0) is 4.79 Å². The van der Waals surface area contributed by atoms with E-state index >= 15 is 0 Å². The number of halogens is 1. The zero-order valence-electron chi connectivity index (χ0n) is 14.0. The minimum absolute atomic E-state index is 0.0911. The van der Waals surface area contributed by atoms with E-state index in [1.165, 1.54) is 11.0 Å². The third-order valence-electron chi connectivity index (χ3n) is 5.02. The average Bonchev–Trinajstić information content (AvgIpc) is 2.67. The summed E-state index contributed by atoms with van der Waals surface area (Å²) in [5.74, 6) is 0.787. The Hall–Kier alpha value is -1.85. The van der Waals surface area contributed by atoms with E-state index in [0.29, 0.717) is 13.1 Å². The fourth-order valence-corrected chi connectivity index (χ4v) is 4.90. The predicted molar refractivity (Wildman–Crippen MR) is 98.2 cm³/mol. The molecule has 0 saturated carbocycles. The van der Waals surface area contributed by atoms with Gasteiger partial charge in [-0.2, -0.15) is 0 Å². The van der Waals surface area contributed by atoms with Crippen LogP contribution in [0.2, 0.25) is 0 Å². The molecule has 25 heavy (non-hydrogen) atoms. The van der Waals surface area contributed by atoms with Gasteiger partial charge in [0.25, 0.3) is 0 Å². The van der Waals surface area contributed by atoms with E-state index in [1.807, 2.05) is 34.9 Å². The highest BCUT2D eigenvalue weighted by atomic mass is 32.2. The Labute approximate surface area is 151 Å². The number of thioether (sulfide) groups is 1. The third-order valence-corrected chi connectivity index (χ3v) is 6.14. The lowest BCUT2D eigenvalue weighted by Crippen LogP contribution is -2.50. The summed E-state index contributed by atoms with van der Waals surface area (Å²) in [5.41, 5.74) is 2.00. The van der Waals surface area contributed by atoms with Crippen LogP contribution in [0, 0.1) is 5.82 Å². The lowest BCUT2D eigenvalue weighted by atomic mass is 9.92. The molecule has 2 aliphatic rings. The Balaban J connectivity index is 1.64. The number of fused-ring (bicyclic) bond motifs is 1. The average molecular weight is 356 g/mol. The smallest absolute Gasteiger partial charge is 0.230 e. The van der Waals surface area contributed by atoms with Crippen LogP contribution in [0.1, 0.15) is 29.5 Å². The van der Waals surface area contributed by atoms with Gasteiger partial charge in [-0.3, -0.25) is 4.79 Å². The van der Waals surface area contributed by atoms with Crippen LogP contribution in [0.25, 0.3) is 0 Å². The number of amides is 1. The Kier molecular flexibility index (Phi) is 4.77. The molecule has 1 N–H and O–H groups in total. The van der Waals surface area contributed by atoms with Crippen molar-refractivity contribution in [1.29, 1.82) is 0 Å². The van der Waals surface area contributed by atoms with Gasteiger partial charge in [0, 0.05) is 24.5 Å². The van der Waals surface area contributed by atoms with Crippen LogP contribution in [-0.4, -0.2) is 36.2 Å². The summed E-state index contributed by atoms with van der Waals surface area (Å²) < 4.78 is 13.7.